The average Bonchev–Trinajstić information content (AvgIpc) is 2.34. The van der Waals surface area contributed by atoms with Crippen molar-refractivity contribution in [2.24, 2.45) is 5.41 Å². The quantitative estimate of drug-likeness (QED) is 0.502. The van der Waals surface area contributed by atoms with Gasteiger partial charge in [-0.25, -0.2) is 0 Å². The first-order chi connectivity index (χ1) is 7.74. The van der Waals surface area contributed by atoms with E-state index in [0.29, 0.717) is 5.41 Å². The lowest BCUT2D eigenvalue weighted by Crippen LogP contribution is -2.26. The highest BCUT2D eigenvalue weighted by molar-refractivity contribution is 4.75. The second-order valence-corrected chi connectivity index (χ2v) is 5.12. The van der Waals surface area contributed by atoms with Crippen LogP contribution in [0.2, 0.25) is 0 Å². The maximum atomic E-state index is 3.60. The van der Waals surface area contributed by atoms with Crippen molar-refractivity contribution in [3.05, 3.63) is 0 Å². The zero-order chi connectivity index (χ0) is 12.3. The molecular weight excluding hydrogens is 194 g/mol. The first-order valence-electron chi connectivity index (χ1n) is 7.45. The van der Waals surface area contributed by atoms with Crippen LogP contribution in [-0.2, 0) is 0 Å². The van der Waals surface area contributed by atoms with Crippen molar-refractivity contribution < 1.29 is 0 Å². The van der Waals surface area contributed by atoms with Gasteiger partial charge in [-0.2, -0.15) is 0 Å². The Morgan fingerprint density at radius 2 is 1.38 bits per heavy atom. The number of rotatable bonds is 11. The Balaban J connectivity index is 3.48. The van der Waals surface area contributed by atoms with E-state index < -0.39 is 0 Å². The first kappa shape index (κ1) is 16.0. The van der Waals surface area contributed by atoms with Gasteiger partial charge in [-0.1, -0.05) is 66.2 Å². The molecule has 0 unspecified atom stereocenters. The molecule has 1 N–H and O–H groups in total. The Hall–Kier alpha value is -0.0400. The molecule has 0 aromatic carbocycles. The van der Waals surface area contributed by atoms with Gasteiger partial charge in [0.05, 0.1) is 0 Å². The molecule has 0 saturated carbocycles. The minimum atomic E-state index is 0.608. The Bertz CT molecular complexity index is 130. The van der Waals surface area contributed by atoms with Crippen LogP contribution in [0.3, 0.4) is 0 Å². The van der Waals surface area contributed by atoms with Crippen LogP contribution >= 0.6 is 0 Å². The third-order valence-corrected chi connectivity index (χ3v) is 4.29. The molecule has 1 heteroatoms. The van der Waals surface area contributed by atoms with Gasteiger partial charge in [0.2, 0.25) is 0 Å². The molecule has 0 aliphatic rings. The van der Waals surface area contributed by atoms with Crippen molar-refractivity contribution in [2.75, 3.05) is 13.1 Å². The molecule has 1 nitrogen and oxygen atoms in total. The van der Waals surface area contributed by atoms with Crippen LogP contribution in [0.15, 0.2) is 0 Å². The van der Waals surface area contributed by atoms with Gasteiger partial charge in [0, 0.05) is 0 Å². The lowest BCUT2D eigenvalue weighted by atomic mass is 9.77. The van der Waals surface area contributed by atoms with Gasteiger partial charge in [0.15, 0.2) is 0 Å². The monoisotopic (exact) mass is 227 g/mol. The normalized spacial score (nSPS) is 12.0. The molecule has 0 spiro atoms. The summed E-state index contributed by atoms with van der Waals surface area (Å²) >= 11 is 0. The summed E-state index contributed by atoms with van der Waals surface area (Å²) in [6.07, 6.45) is 10.8. The fourth-order valence-electron chi connectivity index (χ4n) is 2.44. The van der Waals surface area contributed by atoms with Gasteiger partial charge >= 0.3 is 0 Å². The van der Waals surface area contributed by atoms with Crippen LogP contribution in [0.25, 0.3) is 0 Å². The fourth-order valence-corrected chi connectivity index (χ4v) is 2.44. The summed E-state index contributed by atoms with van der Waals surface area (Å²) in [7, 11) is 0. The van der Waals surface area contributed by atoms with Gasteiger partial charge in [0.1, 0.15) is 0 Å². The van der Waals surface area contributed by atoms with Crippen LogP contribution in [0.4, 0.5) is 0 Å². The summed E-state index contributed by atoms with van der Waals surface area (Å²) < 4.78 is 0. The second kappa shape index (κ2) is 10.1. The summed E-state index contributed by atoms with van der Waals surface area (Å²) in [6.45, 7) is 11.7. The van der Waals surface area contributed by atoms with E-state index in [0.717, 1.165) is 0 Å². The highest BCUT2D eigenvalue weighted by atomic mass is 14.8. The van der Waals surface area contributed by atoms with E-state index in [1.807, 2.05) is 0 Å². The van der Waals surface area contributed by atoms with E-state index >= 15 is 0 Å². The smallest absolute Gasteiger partial charge is 0.00436 e. The SMILES string of the molecule is CCCCCCNCCC(CC)(CC)CC. The van der Waals surface area contributed by atoms with Crippen LogP contribution in [0.1, 0.15) is 79.1 Å². The number of nitrogens with one attached hydrogen (secondary N) is 1. The van der Waals surface area contributed by atoms with Gasteiger partial charge in [0.25, 0.3) is 0 Å². The summed E-state index contributed by atoms with van der Waals surface area (Å²) in [5, 5.41) is 3.60. The third-order valence-electron chi connectivity index (χ3n) is 4.29. The number of unbranched alkanes of at least 4 members (excludes halogenated alkanes) is 3. The summed E-state index contributed by atoms with van der Waals surface area (Å²) in [4.78, 5) is 0. The van der Waals surface area contributed by atoms with E-state index in [9.17, 15) is 0 Å². The Kier molecular flexibility index (Phi) is 10.1. The van der Waals surface area contributed by atoms with Crippen molar-refractivity contribution >= 4 is 0 Å². The van der Waals surface area contributed by atoms with E-state index in [1.165, 1.54) is 64.5 Å². The second-order valence-electron chi connectivity index (χ2n) is 5.12. The van der Waals surface area contributed by atoms with Crippen molar-refractivity contribution in [3.63, 3.8) is 0 Å². The summed E-state index contributed by atoms with van der Waals surface area (Å²) in [5.41, 5.74) is 0.608. The fraction of sp³-hybridized carbons (Fsp3) is 1.00. The van der Waals surface area contributed by atoms with E-state index in [-0.39, 0.29) is 0 Å². The predicted octanol–water partition coefficient (Wildman–Crippen LogP) is 4.76. The topological polar surface area (TPSA) is 12.0 Å². The summed E-state index contributed by atoms with van der Waals surface area (Å²) in [5.74, 6) is 0. The summed E-state index contributed by atoms with van der Waals surface area (Å²) in [6, 6.07) is 0. The predicted molar refractivity (Wildman–Crippen MR) is 74.9 cm³/mol. The molecule has 0 heterocycles. The minimum absolute atomic E-state index is 0.608. The number of hydrogen-bond donors (Lipinski definition) is 1. The molecule has 0 fully saturated rings. The lowest BCUT2D eigenvalue weighted by molar-refractivity contribution is 0.226. The van der Waals surface area contributed by atoms with E-state index in [2.05, 4.69) is 33.0 Å². The van der Waals surface area contributed by atoms with Gasteiger partial charge in [-0.15, -0.1) is 0 Å². The highest BCUT2D eigenvalue weighted by Crippen LogP contribution is 2.33. The zero-order valence-electron chi connectivity index (χ0n) is 12.1. The molecule has 16 heavy (non-hydrogen) atoms. The molecule has 0 amide bonds. The molecule has 0 aromatic heterocycles. The number of hydrogen-bond acceptors (Lipinski definition) is 1. The Labute approximate surface area is 103 Å². The zero-order valence-corrected chi connectivity index (χ0v) is 12.1. The molecule has 98 valence electrons. The van der Waals surface area contributed by atoms with E-state index in [4.69, 9.17) is 0 Å². The molecule has 0 aliphatic carbocycles. The minimum Gasteiger partial charge on any atom is -0.317 e. The Morgan fingerprint density at radius 1 is 0.750 bits per heavy atom. The van der Waals surface area contributed by atoms with Crippen molar-refractivity contribution in [1.82, 2.24) is 5.32 Å². The van der Waals surface area contributed by atoms with Gasteiger partial charge in [-0.05, 0) is 31.3 Å². The molecule has 0 bridgehead atoms. The van der Waals surface area contributed by atoms with Crippen molar-refractivity contribution in [2.45, 2.75) is 79.1 Å². The molecule has 0 atom stereocenters. The Morgan fingerprint density at radius 3 is 1.88 bits per heavy atom. The van der Waals surface area contributed by atoms with Gasteiger partial charge in [-0.3, -0.25) is 0 Å². The van der Waals surface area contributed by atoms with Gasteiger partial charge < -0.3 is 5.32 Å². The van der Waals surface area contributed by atoms with Crippen molar-refractivity contribution in [1.29, 1.82) is 0 Å². The molecule has 0 saturated heterocycles. The van der Waals surface area contributed by atoms with Crippen LogP contribution in [0.5, 0.6) is 0 Å². The van der Waals surface area contributed by atoms with Crippen molar-refractivity contribution in [3.8, 4) is 0 Å². The molecule has 0 rings (SSSR count). The molecule has 0 radical (unpaired) electrons. The maximum Gasteiger partial charge on any atom is -0.00436 e. The standard InChI is InChI=1S/C15H33N/c1-5-9-10-11-13-16-14-12-15(6-2,7-3)8-4/h16H,5-14H2,1-4H3. The van der Waals surface area contributed by atoms with E-state index in [1.54, 1.807) is 0 Å². The third kappa shape index (κ3) is 6.52. The molecular formula is C15H33N. The first-order valence-corrected chi connectivity index (χ1v) is 7.45. The lowest BCUT2D eigenvalue weighted by Gasteiger charge is -2.30. The highest BCUT2D eigenvalue weighted by Gasteiger charge is 2.22. The van der Waals surface area contributed by atoms with Crippen LogP contribution in [0, 0.1) is 5.41 Å². The van der Waals surface area contributed by atoms with Crippen LogP contribution in [-0.4, -0.2) is 13.1 Å². The maximum absolute atomic E-state index is 3.60. The average molecular weight is 227 g/mol. The largest absolute Gasteiger partial charge is 0.317 e. The molecule has 0 aromatic rings. The van der Waals surface area contributed by atoms with Crippen LogP contribution < -0.4 is 5.32 Å². The molecule has 0 aliphatic heterocycles.